The zero-order valence-electron chi connectivity index (χ0n) is 28.3. The molecule has 6 rings (SSSR count). The Hall–Kier alpha value is -3.90. The van der Waals surface area contributed by atoms with Gasteiger partial charge in [0, 0.05) is 38.0 Å². The molecule has 0 unspecified atom stereocenters. The van der Waals surface area contributed by atoms with Crippen LogP contribution in [0.25, 0.3) is 0 Å². The highest BCUT2D eigenvalue weighted by atomic mass is 16.6. The van der Waals surface area contributed by atoms with Gasteiger partial charge in [-0.25, -0.2) is 9.59 Å². The maximum absolute atomic E-state index is 14.8. The van der Waals surface area contributed by atoms with E-state index in [4.69, 9.17) is 18.9 Å². The lowest BCUT2D eigenvalue weighted by Crippen LogP contribution is -2.80. The van der Waals surface area contributed by atoms with Gasteiger partial charge in [-0.15, -0.1) is 0 Å². The average molecular weight is 677 g/mol. The van der Waals surface area contributed by atoms with Crippen molar-refractivity contribution in [3.63, 3.8) is 0 Å². The number of carbonyl (C=O) groups excluding carboxylic acids is 4. The van der Waals surface area contributed by atoms with Crippen molar-refractivity contribution < 1.29 is 53.4 Å². The van der Waals surface area contributed by atoms with Crippen molar-refractivity contribution in [2.45, 2.75) is 102 Å². The summed E-state index contributed by atoms with van der Waals surface area (Å²) in [6, 6.07) is 17.1. The summed E-state index contributed by atoms with van der Waals surface area (Å²) in [5.41, 5.74) is -3.26. The van der Waals surface area contributed by atoms with Crippen LogP contribution in [0.3, 0.4) is 0 Å². The summed E-state index contributed by atoms with van der Waals surface area (Å²) in [6.07, 6.45) is -6.74. The predicted molar refractivity (Wildman–Crippen MR) is 174 cm³/mol. The molecule has 2 aromatic carbocycles. The molecule has 1 heterocycles. The number of hydrogen-bond acceptors (Lipinski definition) is 11. The third-order valence-electron chi connectivity index (χ3n) is 11.5. The minimum atomic E-state index is -1.98. The van der Waals surface area contributed by atoms with Crippen molar-refractivity contribution in [3.8, 4) is 0 Å². The molecule has 0 radical (unpaired) electrons. The molecule has 11 nitrogen and oxygen atoms in total. The largest absolute Gasteiger partial charge is 0.456 e. The topological polar surface area (TPSA) is 166 Å². The van der Waals surface area contributed by atoms with E-state index >= 15 is 0 Å². The molecule has 1 saturated heterocycles. The minimum Gasteiger partial charge on any atom is -0.456 e. The van der Waals surface area contributed by atoms with E-state index in [2.05, 4.69) is 0 Å². The van der Waals surface area contributed by atoms with E-state index in [-0.39, 0.29) is 31.4 Å². The van der Waals surface area contributed by atoms with Crippen LogP contribution in [0, 0.1) is 17.3 Å². The average Bonchev–Trinajstić information content (AvgIpc) is 3.08. The molecule has 3 aliphatic carbocycles. The van der Waals surface area contributed by atoms with Crippen LogP contribution >= 0.6 is 0 Å². The molecular formula is C38H44O11. The van der Waals surface area contributed by atoms with Crippen molar-refractivity contribution in [2.24, 2.45) is 17.3 Å². The summed E-state index contributed by atoms with van der Waals surface area (Å²) in [7, 11) is 0. The van der Waals surface area contributed by atoms with Crippen molar-refractivity contribution in [1.29, 1.82) is 0 Å². The molecular weight excluding hydrogens is 632 g/mol. The van der Waals surface area contributed by atoms with E-state index in [1.807, 2.05) is 6.07 Å². The van der Waals surface area contributed by atoms with Crippen LogP contribution in [0.15, 0.2) is 71.8 Å². The van der Waals surface area contributed by atoms with Gasteiger partial charge in [0.1, 0.15) is 29.7 Å². The van der Waals surface area contributed by atoms with Crippen molar-refractivity contribution in [1.82, 2.24) is 0 Å². The van der Waals surface area contributed by atoms with Gasteiger partial charge in [-0.2, -0.15) is 0 Å². The van der Waals surface area contributed by atoms with Crippen molar-refractivity contribution >= 4 is 23.7 Å². The Morgan fingerprint density at radius 2 is 1.65 bits per heavy atom. The number of esters is 3. The smallest absolute Gasteiger partial charge is 0.338 e. The Kier molecular flexibility index (Phi) is 9.11. The Labute approximate surface area is 285 Å². The van der Waals surface area contributed by atoms with Crippen LogP contribution in [0.1, 0.15) is 75.7 Å². The SMILES string of the molecule is CC(=O)O[C@@]12CO[C@@H]1C[C@H](O)[C@@]1(C)C(=O)[C@H](C)C3=C(C)[C@@H](OC(=O)[C@H](O)[C@@H](C)c4ccccc4)C[C@](O)(C3)[C@@H](OC(=O)c3ccccc3)[C@H]21. The van der Waals surface area contributed by atoms with Crippen molar-refractivity contribution in [3.05, 3.63) is 82.9 Å². The van der Waals surface area contributed by atoms with E-state index in [1.165, 1.54) is 6.92 Å². The van der Waals surface area contributed by atoms with Crippen LogP contribution in [-0.4, -0.2) is 87.3 Å². The van der Waals surface area contributed by atoms with Crippen LogP contribution in [0.5, 0.6) is 0 Å². The van der Waals surface area contributed by atoms with Gasteiger partial charge in [0.2, 0.25) is 0 Å². The molecule has 11 atom stereocenters. The number of hydrogen-bond donors (Lipinski definition) is 3. The molecule has 4 aliphatic rings. The second-order valence-corrected chi connectivity index (χ2v) is 14.4. The first-order chi connectivity index (χ1) is 23.1. The van der Waals surface area contributed by atoms with E-state index in [0.717, 1.165) is 5.56 Å². The van der Waals surface area contributed by atoms with Gasteiger partial charge in [0.05, 0.1) is 29.6 Å². The Morgan fingerprint density at radius 1 is 1.02 bits per heavy atom. The highest BCUT2D eigenvalue weighted by Crippen LogP contribution is 2.61. The van der Waals surface area contributed by atoms with E-state index in [1.54, 1.807) is 82.3 Å². The van der Waals surface area contributed by atoms with Crippen LogP contribution in [0.4, 0.5) is 0 Å². The Bertz CT molecular complexity index is 1660. The molecule has 2 saturated carbocycles. The number of carbonyl (C=O) groups is 4. The van der Waals surface area contributed by atoms with Gasteiger partial charge >= 0.3 is 17.9 Å². The summed E-state index contributed by atoms with van der Waals surface area (Å²) < 4.78 is 24.0. The summed E-state index contributed by atoms with van der Waals surface area (Å²) >= 11 is 0. The summed E-state index contributed by atoms with van der Waals surface area (Å²) in [6.45, 7) is 7.73. The standard InChI is InChI=1S/C38H44O11/c1-20(24-12-8-6-9-13-24)30(41)35(44)47-27-18-37(45)17-26(21(27)2)22(3)32(42)36(5)28(40)16-29-38(19-46-29,49-23(4)39)31(36)33(37)48-34(43)25-14-10-7-11-15-25/h6-15,20,22,27-31,33,40-41,45H,16-19H2,1-5H3/t20-,22+,27-,28-,29+,30+,31-,33-,36+,37+,38-/m0/s1. The number of benzene rings is 2. The van der Waals surface area contributed by atoms with Gasteiger partial charge in [-0.3, -0.25) is 9.59 Å². The first-order valence-corrected chi connectivity index (χ1v) is 16.8. The van der Waals surface area contributed by atoms with Gasteiger partial charge in [0.15, 0.2) is 11.7 Å². The lowest BCUT2D eigenvalue weighted by Gasteiger charge is -2.65. The Balaban J connectivity index is 1.46. The van der Waals surface area contributed by atoms with Crippen molar-refractivity contribution in [2.75, 3.05) is 6.61 Å². The maximum atomic E-state index is 14.8. The third kappa shape index (κ3) is 5.70. The molecule has 3 fully saturated rings. The maximum Gasteiger partial charge on any atom is 0.338 e. The fourth-order valence-electron chi connectivity index (χ4n) is 8.69. The summed E-state index contributed by atoms with van der Waals surface area (Å²) in [4.78, 5) is 54.7. The summed E-state index contributed by atoms with van der Waals surface area (Å²) in [5, 5.41) is 35.6. The molecule has 2 aromatic rings. The summed E-state index contributed by atoms with van der Waals surface area (Å²) in [5.74, 6) is -5.51. The quantitative estimate of drug-likeness (QED) is 0.224. The van der Waals surface area contributed by atoms with Gasteiger partial charge in [-0.1, -0.05) is 68.0 Å². The molecule has 262 valence electrons. The molecule has 1 aliphatic heterocycles. The zero-order chi connectivity index (χ0) is 35.5. The highest BCUT2D eigenvalue weighted by Gasteiger charge is 2.75. The first kappa shape index (κ1) is 34.9. The number of ketones is 1. The van der Waals surface area contributed by atoms with Gasteiger partial charge < -0.3 is 34.3 Å². The number of rotatable bonds is 7. The lowest BCUT2D eigenvalue weighted by atomic mass is 9.47. The van der Waals surface area contributed by atoms with E-state index in [0.29, 0.717) is 11.1 Å². The number of aliphatic hydroxyl groups excluding tert-OH is 2. The molecule has 2 bridgehead atoms. The normalized spacial score (nSPS) is 36.4. The predicted octanol–water partition coefficient (Wildman–Crippen LogP) is 3.44. The Morgan fingerprint density at radius 3 is 2.24 bits per heavy atom. The van der Waals surface area contributed by atoms with Crippen LogP contribution in [0.2, 0.25) is 0 Å². The number of fused-ring (bicyclic) bond motifs is 5. The third-order valence-corrected chi connectivity index (χ3v) is 11.5. The minimum absolute atomic E-state index is 0.0216. The molecule has 0 amide bonds. The number of ether oxygens (including phenoxy) is 4. The molecule has 11 heteroatoms. The first-order valence-electron chi connectivity index (χ1n) is 16.8. The van der Waals surface area contributed by atoms with E-state index in [9.17, 15) is 34.5 Å². The molecule has 0 aromatic heterocycles. The zero-order valence-corrected chi connectivity index (χ0v) is 28.3. The molecule has 3 N–H and O–H groups in total. The second-order valence-electron chi connectivity index (χ2n) is 14.4. The molecule has 0 spiro atoms. The van der Waals surface area contributed by atoms with E-state index < -0.39 is 88.6 Å². The highest BCUT2D eigenvalue weighted by molar-refractivity contribution is 5.92. The fraction of sp³-hybridized carbons (Fsp3) is 0.526. The van der Waals surface area contributed by atoms with Gasteiger partial charge in [-0.05, 0) is 37.1 Å². The van der Waals surface area contributed by atoms with Crippen LogP contribution < -0.4 is 0 Å². The lowest BCUT2D eigenvalue weighted by molar-refractivity contribution is -0.340. The monoisotopic (exact) mass is 676 g/mol. The van der Waals surface area contributed by atoms with Gasteiger partial charge in [0.25, 0.3) is 0 Å². The molecule has 49 heavy (non-hydrogen) atoms. The second kappa shape index (κ2) is 12.8. The van der Waals surface area contributed by atoms with Crippen LogP contribution in [-0.2, 0) is 33.3 Å². The fourth-order valence-corrected chi connectivity index (χ4v) is 8.69. The number of aliphatic hydroxyl groups is 3. The number of Topliss-reactive ketones (excluding diaryl/α,β-unsaturated/α-hetero) is 1.